The molecule has 1 aromatic carbocycles. The first kappa shape index (κ1) is 48.9. The minimum absolute atomic E-state index is 0.0205. The van der Waals surface area contributed by atoms with Crippen LogP contribution in [0.3, 0.4) is 0 Å². The number of hydrogen-bond acceptors (Lipinski definition) is 21. The molecule has 22 heteroatoms. The second-order valence-corrected chi connectivity index (χ2v) is 15.9. The molecule has 0 aromatic heterocycles. The van der Waals surface area contributed by atoms with Crippen molar-refractivity contribution in [2.75, 3.05) is 32.9 Å². The molecule has 1 aromatic rings. The number of amides is 1. The van der Waals surface area contributed by atoms with E-state index in [0.717, 1.165) is 19.3 Å². The minimum Gasteiger partial charge on any atom is -0.394 e. The number of aliphatic hydroxyl groups is 8. The third-order valence-electron chi connectivity index (χ3n) is 11.6. The Bertz CT molecular complexity index is 1430. The third kappa shape index (κ3) is 11.7. The van der Waals surface area contributed by atoms with Crippen molar-refractivity contribution >= 4 is 5.91 Å². The van der Waals surface area contributed by atoms with Crippen LogP contribution in [-0.4, -0.2) is 202 Å². The maximum absolute atomic E-state index is 13.2. The van der Waals surface area contributed by atoms with Gasteiger partial charge in [-0.05, 0) is 44.2 Å². The summed E-state index contributed by atoms with van der Waals surface area (Å²) in [7, 11) is 0. The fourth-order valence-electron chi connectivity index (χ4n) is 8.04. The molecule has 0 unspecified atom stereocenters. The number of unbranched alkanes of at least 4 members (excludes halogenated alkanes) is 2. The van der Waals surface area contributed by atoms with Crippen LogP contribution in [0.4, 0.5) is 0 Å². The van der Waals surface area contributed by atoms with Crippen molar-refractivity contribution in [2.24, 2.45) is 28.7 Å². The van der Waals surface area contributed by atoms with Gasteiger partial charge in [0, 0.05) is 19.2 Å². The van der Waals surface area contributed by atoms with Gasteiger partial charge < -0.3 is 108 Å². The summed E-state index contributed by atoms with van der Waals surface area (Å²) in [5.41, 5.74) is 31.6. The number of aliphatic hydroxyl groups excluding tert-OH is 8. The van der Waals surface area contributed by atoms with Crippen LogP contribution in [0.2, 0.25) is 0 Å². The van der Waals surface area contributed by atoms with Gasteiger partial charge in [-0.15, -0.1) is 0 Å². The molecule has 22 nitrogen and oxygen atoms in total. The van der Waals surface area contributed by atoms with Crippen LogP contribution in [-0.2, 0) is 44.4 Å². The summed E-state index contributed by atoms with van der Waals surface area (Å²) in [6.07, 6.45) is -19.6. The van der Waals surface area contributed by atoms with E-state index in [2.05, 4.69) is 5.32 Å². The van der Waals surface area contributed by atoms with E-state index in [1.165, 1.54) is 5.56 Å². The number of carbonyl (C=O) groups excluding carboxylic acids is 1. The fraction of sp³-hybridized carbons (Fsp3) is 0.816. The lowest BCUT2D eigenvalue weighted by atomic mass is 9.83. The van der Waals surface area contributed by atoms with E-state index in [0.29, 0.717) is 6.42 Å². The molecular formula is C38H66N6O16. The Labute approximate surface area is 348 Å². The molecule has 3 aliphatic heterocycles. The largest absolute Gasteiger partial charge is 0.394 e. The number of rotatable bonds is 20. The zero-order valence-corrected chi connectivity index (χ0v) is 33.4. The number of carbonyl (C=O) groups is 1. The van der Waals surface area contributed by atoms with E-state index in [-0.39, 0.29) is 32.5 Å². The molecule has 3 heterocycles. The highest BCUT2D eigenvalue weighted by Crippen LogP contribution is 2.36. The lowest BCUT2D eigenvalue weighted by Gasteiger charge is -2.49. The third-order valence-corrected chi connectivity index (χ3v) is 11.6. The van der Waals surface area contributed by atoms with E-state index < -0.39 is 142 Å². The SMILES string of the molecule is NCC[C@H](O)C(=O)N[C@@H]1C[C@H](N)[C@@H](O[C@H]2O[C@H](CO)[C@@H](O)[C@H](O)[C@H]2N)[C@H](O[C@@H]2O[C@H](CO)[C@@H](O[C@H]3O[C@@H](CN)[C@@H](O)[C@H](O)[C@H]3N)[C@H]2O)[C@H]1OCCCCCc1ccccc1. The van der Waals surface area contributed by atoms with Crippen LogP contribution in [0.5, 0.6) is 0 Å². The lowest BCUT2D eigenvalue weighted by Crippen LogP contribution is -2.69. The molecule has 4 fully saturated rings. The normalized spacial score (nSPS) is 41.6. The van der Waals surface area contributed by atoms with Gasteiger partial charge in [0.05, 0.1) is 31.3 Å². The fourth-order valence-corrected chi connectivity index (χ4v) is 8.04. The number of nitrogens with two attached hydrogens (primary N) is 5. The van der Waals surface area contributed by atoms with Gasteiger partial charge in [0.25, 0.3) is 0 Å². The second kappa shape index (κ2) is 23.0. The molecule has 1 amide bonds. The van der Waals surface area contributed by atoms with Crippen LogP contribution in [0, 0.1) is 0 Å². The quantitative estimate of drug-likeness (QED) is 0.0542. The Morgan fingerprint density at radius 3 is 1.92 bits per heavy atom. The van der Waals surface area contributed by atoms with Crippen molar-refractivity contribution in [3.63, 3.8) is 0 Å². The molecule has 3 saturated heterocycles. The first-order valence-corrected chi connectivity index (χ1v) is 20.6. The van der Waals surface area contributed by atoms with Crippen LogP contribution < -0.4 is 34.0 Å². The highest BCUT2D eigenvalue weighted by molar-refractivity contribution is 5.80. The molecule has 1 saturated carbocycles. The van der Waals surface area contributed by atoms with Crippen LogP contribution in [0.15, 0.2) is 30.3 Å². The van der Waals surface area contributed by atoms with Gasteiger partial charge in [-0.2, -0.15) is 0 Å². The molecule has 0 radical (unpaired) electrons. The van der Waals surface area contributed by atoms with Gasteiger partial charge in [0.2, 0.25) is 5.91 Å². The second-order valence-electron chi connectivity index (χ2n) is 15.9. The highest BCUT2D eigenvalue weighted by Gasteiger charge is 2.55. The van der Waals surface area contributed by atoms with Crippen LogP contribution in [0.1, 0.15) is 37.7 Å². The summed E-state index contributed by atoms with van der Waals surface area (Å²) in [4.78, 5) is 13.2. The average molecular weight is 863 g/mol. The lowest BCUT2D eigenvalue weighted by molar-refractivity contribution is -0.313. The Balaban J connectivity index is 1.42. The van der Waals surface area contributed by atoms with Gasteiger partial charge >= 0.3 is 0 Å². The van der Waals surface area contributed by atoms with E-state index in [1.54, 1.807) is 0 Å². The number of benzene rings is 1. The number of hydrogen-bond donors (Lipinski definition) is 14. The summed E-state index contributed by atoms with van der Waals surface area (Å²) in [6.45, 7) is -1.43. The molecule has 1 aliphatic carbocycles. The predicted molar refractivity (Wildman–Crippen MR) is 208 cm³/mol. The molecule has 5 rings (SSSR count). The summed E-state index contributed by atoms with van der Waals surface area (Å²) in [6, 6.07) is 5.34. The van der Waals surface area contributed by atoms with Crippen molar-refractivity contribution in [1.82, 2.24) is 5.32 Å². The van der Waals surface area contributed by atoms with Gasteiger partial charge in [-0.25, -0.2) is 0 Å². The molecule has 20 atom stereocenters. The summed E-state index contributed by atoms with van der Waals surface area (Å²) >= 11 is 0. The standard InChI is InChI=1S/C38H66N6O16/c39-11-10-20(47)35(53)44-19-13-18(41)31(58-37-25(43)29(51)27(49)22(15-45)56-37)34(32(19)54-12-6-2-5-9-17-7-3-1-4-8-17)60-38-30(52)33(23(16-46)57-38)59-36-24(42)28(50)26(48)21(14-40)55-36/h1,3-4,7-8,18-34,36-38,45-52H,2,5-6,9-16,39-43H2,(H,44,53)/t18-,19+,20-,21-,22+,23+,24+,25+,26+,27+,28+,29+,30+,31+,32-,33+,34-,36+,37+,38-/m0/s1. The highest BCUT2D eigenvalue weighted by atomic mass is 16.8. The number of nitrogens with one attached hydrogen (secondary N) is 1. The van der Waals surface area contributed by atoms with E-state index in [4.69, 9.17) is 61.8 Å². The Morgan fingerprint density at radius 2 is 1.30 bits per heavy atom. The zero-order chi connectivity index (χ0) is 43.7. The summed E-state index contributed by atoms with van der Waals surface area (Å²) in [5, 5.41) is 87.4. The van der Waals surface area contributed by atoms with Crippen LogP contribution in [0.25, 0.3) is 0 Å². The van der Waals surface area contributed by atoms with Crippen molar-refractivity contribution in [3.8, 4) is 0 Å². The summed E-state index contributed by atoms with van der Waals surface area (Å²) < 4.78 is 42.7. The number of aryl methyl sites for hydroxylation is 1. The predicted octanol–water partition coefficient (Wildman–Crippen LogP) is -6.56. The Kier molecular flexibility index (Phi) is 18.8. The van der Waals surface area contributed by atoms with Crippen molar-refractivity contribution in [1.29, 1.82) is 0 Å². The molecule has 19 N–H and O–H groups in total. The van der Waals surface area contributed by atoms with Gasteiger partial charge in [-0.3, -0.25) is 4.79 Å². The first-order valence-electron chi connectivity index (χ1n) is 20.6. The molecule has 344 valence electrons. The van der Waals surface area contributed by atoms with Gasteiger partial charge in [0.15, 0.2) is 18.9 Å². The maximum atomic E-state index is 13.2. The smallest absolute Gasteiger partial charge is 0.249 e. The topological polar surface area (TPSA) is 386 Å². The monoisotopic (exact) mass is 862 g/mol. The molecule has 0 spiro atoms. The molecule has 0 bridgehead atoms. The van der Waals surface area contributed by atoms with Gasteiger partial charge in [-0.1, -0.05) is 36.8 Å². The van der Waals surface area contributed by atoms with Crippen molar-refractivity contribution < 1.29 is 78.8 Å². The van der Waals surface area contributed by atoms with Crippen molar-refractivity contribution in [3.05, 3.63) is 35.9 Å². The molecule has 60 heavy (non-hydrogen) atoms. The molecular weight excluding hydrogens is 796 g/mol. The van der Waals surface area contributed by atoms with E-state index in [9.17, 15) is 45.6 Å². The average Bonchev–Trinajstić information content (AvgIpc) is 3.54. The van der Waals surface area contributed by atoms with Crippen molar-refractivity contribution in [2.45, 2.75) is 161 Å². The molecule has 4 aliphatic rings. The number of ether oxygens (including phenoxy) is 7. The zero-order valence-electron chi connectivity index (χ0n) is 33.4. The van der Waals surface area contributed by atoms with E-state index >= 15 is 0 Å². The van der Waals surface area contributed by atoms with Crippen LogP contribution >= 0.6 is 0 Å². The van der Waals surface area contributed by atoms with E-state index in [1.807, 2.05) is 30.3 Å². The minimum atomic E-state index is -1.70. The first-order chi connectivity index (χ1) is 28.7. The Morgan fingerprint density at radius 1 is 0.717 bits per heavy atom. The van der Waals surface area contributed by atoms with Gasteiger partial charge in [0.1, 0.15) is 79.4 Å². The maximum Gasteiger partial charge on any atom is 0.249 e. The Hall–Kier alpha value is -2.11. The summed E-state index contributed by atoms with van der Waals surface area (Å²) in [5.74, 6) is -0.759.